The minimum atomic E-state index is -0.0238. The van der Waals surface area contributed by atoms with Gasteiger partial charge in [-0.05, 0) is 19.8 Å². The van der Waals surface area contributed by atoms with Gasteiger partial charge in [0.05, 0.1) is 23.7 Å². The van der Waals surface area contributed by atoms with Gasteiger partial charge in [-0.25, -0.2) is 4.68 Å². The number of methoxy groups -OCH3 is 1. The van der Waals surface area contributed by atoms with Crippen molar-refractivity contribution in [2.24, 2.45) is 0 Å². The lowest BCUT2D eigenvalue weighted by atomic mass is 10.1. The van der Waals surface area contributed by atoms with Gasteiger partial charge in [0.1, 0.15) is 5.69 Å². The molecular formula is C11H20ClN3O. The molecule has 92 valence electrons. The van der Waals surface area contributed by atoms with Crippen LogP contribution in [0.5, 0.6) is 0 Å². The van der Waals surface area contributed by atoms with Crippen molar-refractivity contribution >= 4 is 11.6 Å². The highest BCUT2D eigenvalue weighted by Gasteiger charge is 2.21. The molecule has 0 radical (unpaired) electrons. The molecule has 4 nitrogen and oxygen atoms in total. The van der Waals surface area contributed by atoms with E-state index in [1.54, 1.807) is 7.11 Å². The number of halogens is 1. The Morgan fingerprint density at radius 2 is 2.00 bits per heavy atom. The van der Waals surface area contributed by atoms with Crippen molar-refractivity contribution in [3.05, 3.63) is 11.4 Å². The minimum absolute atomic E-state index is 0.0238. The molecule has 1 atom stereocenters. The first-order valence-corrected chi connectivity index (χ1v) is 6.25. The van der Waals surface area contributed by atoms with E-state index in [2.05, 4.69) is 24.2 Å². The minimum Gasteiger partial charge on any atom is -0.375 e. The Balaban J connectivity index is 3.13. The van der Waals surface area contributed by atoms with Gasteiger partial charge in [-0.1, -0.05) is 19.1 Å². The molecule has 0 aliphatic carbocycles. The lowest BCUT2D eigenvalue weighted by molar-refractivity contribution is 0.108. The van der Waals surface area contributed by atoms with Gasteiger partial charge in [-0.3, -0.25) is 0 Å². The average molecular weight is 246 g/mol. The number of rotatable bonds is 6. The van der Waals surface area contributed by atoms with E-state index in [0.717, 1.165) is 24.2 Å². The van der Waals surface area contributed by atoms with Crippen molar-refractivity contribution in [1.29, 1.82) is 0 Å². The molecule has 1 aromatic rings. The van der Waals surface area contributed by atoms with Gasteiger partial charge in [0.25, 0.3) is 0 Å². The number of nitrogens with zero attached hydrogens (tertiary/aromatic N) is 3. The first-order valence-electron chi connectivity index (χ1n) is 5.72. The predicted octanol–water partition coefficient (Wildman–Crippen LogP) is 3.09. The van der Waals surface area contributed by atoms with Crippen LogP contribution in [0.1, 0.15) is 57.1 Å². The van der Waals surface area contributed by atoms with Gasteiger partial charge < -0.3 is 4.74 Å². The summed E-state index contributed by atoms with van der Waals surface area (Å²) in [7, 11) is 1.69. The Hall–Kier alpha value is -0.610. The van der Waals surface area contributed by atoms with E-state index >= 15 is 0 Å². The largest absolute Gasteiger partial charge is 0.375 e. The monoisotopic (exact) mass is 245 g/mol. The summed E-state index contributed by atoms with van der Waals surface area (Å²) in [5.41, 5.74) is 1.83. The quantitative estimate of drug-likeness (QED) is 0.723. The summed E-state index contributed by atoms with van der Waals surface area (Å²) in [6.07, 6.45) is 2.04. The number of aromatic nitrogens is 3. The molecule has 1 rings (SSSR count). The van der Waals surface area contributed by atoms with Crippen molar-refractivity contribution in [3.8, 4) is 0 Å². The van der Waals surface area contributed by atoms with Gasteiger partial charge in [0, 0.05) is 7.11 Å². The zero-order valence-electron chi connectivity index (χ0n) is 10.4. The van der Waals surface area contributed by atoms with Gasteiger partial charge in [0.15, 0.2) is 0 Å². The molecule has 1 aromatic heterocycles. The van der Waals surface area contributed by atoms with Crippen LogP contribution < -0.4 is 0 Å². The lowest BCUT2D eigenvalue weighted by Crippen LogP contribution is -2.15. The molecule has 0 N–H and O–H groups in total. The second kappa shape index (κ2) is 6.21. The van der Waals surface area contributed by atoms with Crippen LogP contribution in [0.15, 0.2) is 0 Å². The van der Waals surface area contributed by atoms with Crippen LogP contribution in [0.2, 0.25) is 0 Å². The number of hydrogen-bond acceptors (Lipinski definition) is 3. The third-order valence-electron chi connectivity index (χ3n) is 2.96. The highest BCUT2D eigenvalue weighted by Crippen LogP contribution is 2.25. The van der Waals surface area contributed by atoms with Gasteiger partial charge in [-0.15, -0.1) is 16.7 Å². The topological polar surface area (TPSA) is 39.9 Å². The summed E-state index contributed by atoms with van der Waals surface area (Å²) in [4.78, 5) is 0. The molecule has 0 aliphatic rings. The summed E-state index contributed by atoms with van der Waals surface area (Å²) in [6.45, 7) is 6.29. The molecule has 0 aromatic carbocycles. The third-order valence-corrected chi connectivity index (χ3v) is 3.21. The molecule has 0 bridgehead atoms. The number of hydrogen-bond donors (Lipinski definition) is 0. The van der Waals surface area contributed by atoms with E-state index < -0.39 is 0 Å². The molecule has 0 aliphatic heterocycles. The summed E-state index contributed by atoms with van der Waals surface area (Å²) in [5.74, 6) is 0.378. The van der Waals surface area contributed by atoms with Crippen LogP contribution in [-0.2, 0) is 10.6 Å². The summed E-state index contributed by atoms with van der Waals surface area (Å²) >= 11 is 5.87. The van der Waals surface area contributed by atoms with Gasteiger partial charge >= 0.3 is 0 Å². The van der Waals surface area contributed by atoms with E-state index in [0.29, 0.717) is 11.9 Å². The second-order valence-electron chi connectivity index (χ2n) is 3.85. The molecule has 0 saturated heterocycles. The Kier molecular flexibility index (Phi) is 5.22. The van der Waals surface area contributed by atoms with Crippen molar-refractivity contribution in [2.45, 2.75) is 51.6 Å². The fourth-order valence-electron chi connectivity index (χ4n) is 1.87. The molecule has 0 saturated carbocycles. The third kappa shape index (κ3) is 2.55. The maximum atomic E-state index is 5.87. The van der Waals surface area contributed by atoms with Gasteiger partial charge in [-0.2, -0.15) is 0 Å². The molecular weight excluding hydrogens is 226 g/mol. The van der Waals surface area contributed by atoms with E-state index in [-0.39, 0.29) is 6.10 Å². The maximum Gasteiger partial charge on any atom is 0.103 e. The maximum absolute atomic E-state index is 5.87. The van der Waals surface area contributed by atoms with Crippen LogP contribution in [-0.4, -0.2) is 22.1 Å². The van der Waals surface area contributed by atoms with Crippen LogP contribution >= 0.6 is 11.6 Å². The summed E-state index contributed by atoms with van der Waals surface area (Å²) in [5, 5.41) is 8.32. The lowest BCUT2D eigenvalue weighted by Gasteiger charge is -2.19. The summed E-state index contributed by atoms with van der Waals surface area (Å²) in [6, 6.07) is 0.372. The van der Waals surface area contributed by atoms with Crippen molar-refractivity contribution in [3.63, 3.8) is 0 Å². The molecule has 1 heterocycles. The van der Waals surface area contributed by atoms with Crippen LogP contribution in [0, 0.1) is 0 Å². The smallest absolute Gasteiger partial charge is 0.103 e. The zero-order valence-corrected chi connectivity index (χ0v) is 11.2. The molecule has 1 unspecified atom stereocenters. The van der Waals surface area contributed by atoms with E-state index in [9.17, 15) is 0 Å². The fraction of sp³-hybridized carbons (Fsp3) is 0.818. The van der Waals surface area contributed by atoms with E-state index in [4.69, 9.17) is 16.3 Å². The molecule has 0 fully saturated rings. The van der Waals surface area contributed by atoms with Crippen molar-refractivity contribution < 1.29 is 4.74 Å². The fourth-order valence-corrected chi connectivity index (χ4v) is 2.06. The SMILES string of the molecule is CCC(CC)n1nnc(CCl)c1C(C)OC. The molecule has 0 spiro atoms. The van der Waals surface area contributed by atoms with Crippen LogP contribution in [0.3, 0.4) is 0 Å². The van der Waals surface area contributed by atoms with E-state index in [1.807, 2.05) is 11.6 Å². The Morgan fingerprint density at radius 1 is 1.38 bits per heavy atom. The zero-order chi connectivity index (χ0) is 12.1. The average Bonchev–Trinajstić information content (AvgIpc) is 2.73. The number of ether oxygens (including phenoxy) is 1. The molecule has 0 amide bonds. The summed E-state index contributed by atoms with van der Waals surface area (Å²) < 4.78 is 7.32. The predicted molar refractivity (Wildman–Crippen MR) is 64.6 cm³/mol. The van der Waals surface area contributed by atoms with Gasteiger partial charge in [0.2, 0.25) is 0 Å². The van der Waals surface area contributed by atoms with Crippen LogP contribution in [0.4, 0.5) is 0 Å². The number of alkyl halides is 1. The Labute approximate surface area is 102 Å². The Morgan fingerprint density at radius 3 is 2.44 bits per heavy atom. The highest BCUT2D eigenvalue weighted by molar-refractivity contribution is 6.16. The standard InChI is InChI=1S/C11H20ClN3O/c1-5-9(6-2)15-11(8(3)16-4)10(7-12)13-14-15/h8-9H,5-7H2,1-4H3. The second-order valence-corrected chi connectivity index (χ2v) is 4.12. The van der Waals surface area contributed by atoms with Crippen LogP contribution in [0.25, 0.3) is 0 Å². The normalized spacial score (nSPS) is 13.4. The molecule has 16 heavy (non-hydrogen) atoms. The van der Waals surface area contributed by atoms with Crippen molar-refractivity contribution in [2.75, 3.05) is 7.11 Å². The first kappa shape index (κ1) is 13.5. The highest BCUT2D eigenvalue weighted by atomic mass is 35.5. The van der Waals surface area contributed by atoms with Crippen molar-refractivity contribution in [1.82, 2.24) is 15.0 Å². The molecule has 5 heteroatoms. The Bertz CT molecular complexity index is 323. The van der Waals surface area contributed by atoms with E-state index in [1.165, 1.54) is 0 Å². The first-order chi connectivity index (χ1) is 7.69.